The van der Waals surface area contributed by atoms with E-state index in [-0.39, 0.29) is 16.9 Å². The summed E-state index contributed by atoms with van der Waals surface area (Å²) in [5.74, 6) is -0.358. The molecular weight excluding hydrogens is 237 g/mol. The molecule has 2 atom stereocenters. The molecule has 1 nitrogen and oxygen atoms in total. The lowest BCUT2D eigenvalue weighted by molar-refractivity contribution is 0.426. The average Bonchev–Trinajstić information content (AvgIpc) is 2.34. The predicted molar refractivity (Wildman–Crippen MR) is 69.7 cm³/mol. The minimum atomic E-state index is -0.358. The van der Waals surface area contributed by atoms with E-state index in [1.165, 1.54) is 6.07 Å². The van der Waals surface area contributed by atoms with Gasteiger partial charge in [0.2, 0.25) is 0 Å². The van der Waals surface area contributed by atoms with Gasteiger partial charge in [0.05, 0.1) is 5.02 Å². The molecule has 0 saturated carbocycles. The van der Waals surface area contributed by atoms with E-state index in [0.717, 1.165) is 24.8 Å². The summed E-state index contributed by atoms with van der Waals surface area (Å²) in [5, 5.41) is 3.74. The molecule has 1 aromatic rings. The second kappa shape index (κ2) is 5.65. The van der Waals surface area contributed by atoms with E-state index < -0.39 is 0 Å². The molecule has 1 N–H and O–H groups in total. The summed E-state index contributed by atoms with van der Waals surface area (Å²) in [6, 6.07) is 5.63. The maximum atomic E-state index is 13.1. The molecule has 0 spiro atoms. The van der Waals surface area contributed by atoms with Crippen LogP contribution in [0.1, 0.15) is 37.8 Å². The Kier molecular flexibility index (Phi) is 4.19. The molecule has 0 aliphatic heterocycles. The molecule has 2 unspecified atom stereocenters. The SMILES string of the molecule is CC(NC1CC=CCC1)c1ccc(F)c(Cl)c1. The summed E-state index contributed by atoms with van der Waals surface area (Å²) in [6.45, 7) is 2.09. The maximum Gasteiger partial charge on any atom is 0.141 e. The van der Waals surface area contributed by atoms with Crippen LogP contribution >= 0.6 is 11.6 Å². The fourth-order valence-corrected chi connectivity index (χ4v) is 2.37. The smallest absolute Gasteiger partial charge is 0.141 e. The molecule has 0 aromatic heterocycles. The summed E-state index contributed by atoms with van der Waals surface area (Å²) in [7, 11) is 0. The molecule has 1 aromatic carbocycles. The van der Waals surface area contributed by atoms with E-state index >= 15 is 0 Å². The first-order chi connectivity index (χ1) is 8.16. The van der Waals surface area contributed by atoms with E-state index in [1.807, 2.05) is 0 Å². The first-order valence-electron chi connectivity index (χ1n) is 6.03. The Balaban J connectivity index is 2.01. The zero-order valence-electron chi connectivity index (χ0n) is 9.92. The van der Waals surface area contributed by atoms with Crippen molar-refractivity contribution in [3.05, 3.63) is 46.8 Å². The summed E-state index contributed by atoms with van der Waals surface area (Å²) in [5.41, 5.74) is 1.03. The van der Waals surface area contributed by atoms with E-state index in [0.29, 0.717) is 6.04 Å². The average molecular weight is 254 g/mol. The molecule has 0 fully saturated rings. The Morgan fingerprint density at radius 3 is 2.88 bits per heavy atom. The number of rotatable bonds is 3. The van der Waals surface area contributed by atoms with Crippen molar-refractivity contribution >= 4 is 11.6 Å². The van der Waals surface area contributed by atoms with E-state index in [1.54, 1.807) is 12.1 Å². The number of nitrogens with one attached hydrogen (secondary N) is 1. The van der Waals surface area contributed by atoms with Crippen LogP contribution in [-0.2, 0) is 0 Å². The van der Waals surface area contributed by atoms with Crippen molar-refractivity contribution in [3.8, 4) is 0 Å². The van der Waals surface area contributed by atoms with Gasteiger partial charge in [0.1, 0.15) is 5.82 Å². The second-order valence-electron chi connectivity index (χ2n) is 4.54. The maximum absolute atomic E-state index is 13.1. The lowest BCUT2D eigenvalue weighted by atomic mass is 9.99. The van der Waals surface area contributed by atoms with Crippen LogP contribution in [0.15, 0.2) is 30.4 Å². The van der Waals surface area contributed by atoms with E-state index in [4.69, 9.17) is 11.6 Å². The minimum Gasteiger partial charge on any atom is -0.307 e. The van der Waals surface area contributed by atoms with Gasteiger partial charge in [0.25, 0.3) is 0 Å². The first kappa shape index (κ1) is 12.6. The molecule has 0 bridgehead atoms. The zero-order chi connectivity index (χ0) is 12.3. The Morgan fingerprint density at radius 2 is 2.24 bits per heavy atom. The fraction of sp³-hybridized carbons (Fsp3) is 0.429. The zero-order valence-corrected chi connectivity index (χ0v) is 10.7. The number of benzene rings is 1. The van der Waals surface area contributed by atoms with Crippen LogP contribution in [0.3, 0.4) is 0 Å². The van der Waals surface area contributed by atoms with Crippen LogP contribution in [-0.4, -0.2) is 6.04 Å². The van der Waals surface area contributed by atoms with Crippen molar-refractivity contribution in [2.75, 3.05) is 0 Å². The van der Waals surface area contributed by atoms with Gasteiger partial charge in [-0.05, 0) is 43.9 Å². The number of halogens is 2. The Bertz CT molecular complexity index is 417. The molecule has 2 rings (SSSR count). The monoisotopic (exact) mass is 253 g/mol. The van der Waals surface area contributed by atoms with Gasteiger partial charge in [-0.25, -0.2) is 4.39 Å². The molecule has 0 heterocycles. The molecule has 0 saturated heterocycles. The quantitative estimate of drug-likeness (QED) is 0.795. The Labute approximate surface area is 107 Å². The van der Waals surface area contributed by atoms with Crippen LogP contribution in [0.5, 0.6) is 0 Å². The summed E-state index contributed by atoms with van der Waals surface area (Å²) in [6.07, 6.45) is 7.80. The van der Waals surface area contributed by atoms with Gasteiger partial charge in [0, 0.05) is 12.1 Å². The van der Waals surface area contributed by atoms with Crippen molar-refractivity contribution < 1.29 is 4.39 Å². The van der Waals surface area contributed by atoms with Gasteiger partial charge in [-0.15, -0.1) is 0 Å². The topological polar surface area (TPSA) is 12.0 Å². The van der Waals surface area contributed by atoms with Crippen molar-refractivity contribution in [1.82, 2.24) is 5.32 Å². The van der Waals surface area contributed by atoms with Gasteiger partial charge in [-0.1, -0.05) is 29.8 Å². The largest absolute Gasteiger partial charge is 0.307 e. The summed E-state index contributed by atoms with van der Waals surface area (Å²) >= 11 is 5.79. The molecule has 92 valence electrons. The molecule has 3 heteroatoms. The minimum absolute atomic E-state index is 0.194. The van der Waals surface area contributed by atoms with Crippen LogP contribution in [0, 0.1) is 5.82 Å². The highest BCUT2D eigenvalue weighted by molar-refractivity contribution is 6.30. The molecular formula is C14H17ClFN. The van der Waals surface area contributed by atoms with Crippen molar-refractivity contribution in [3.63, 3.8) is 0 Å². The third-order valence-corrected chi connectivity index (χ3v) is 3.49. The molecule has 17 heavy (non-hydrogen) atoms. The Hall–Kier alpha value is -0.860. The van der Waals surface area contributed by atoms with Gasteiger partial charge in [-0.3, -0.25) is 0 Å². The predicted octanol–water partition coefficient (Wildman–Crippen LogP) is 4.24. The van der Waals surface area contributed by atoms with Crippen molar-refractivity contribution in [2.24, 2.45) is 0 Å². The normalized spacial score (nSPS) is 21.5. The van der Waals surface area contributed by atoms with Gasteiger partial charge in [0.15, 0.2) is 0 Å². The standard InChI is InChI=1S/C14H17ClFN/c1-10(17-12-5-3-2-4-6-12)11-7-8-14(16)13(15)9-11/h2-3,7-10,12,17H,4-6H2,1H3. The highest BCUT2D eigenvalue weighted by Gasteiger charge is 2.14. The van der Waals surface area contributed by atoms with Gasteiger partial charge in [-0.2, -0.15) is 0 Å². The van der Waals surface area contributed by atoms with E-state index in [2.05, 4.69) is 24.4 Å². The molecule has 1 aliphatic rings. The number of hydrogen-bond acceptors (Lipinski definition) is 1. The van der Waals surface area contributed by atoms with Crippen LogP contribution in [0.4, 0.5) is 4.39 Å². The van der Waals surface area contributed by atoms with Crippen molar-refractivity contribution in [1.29, 1.82) is 0 Å². The van der Waals surface area contributed by atoms with Crippen LogP contribution in [0.2, 0.25) is 5.02 Å². The molecule has 0 radical (unpaired) electrons. The van der Waals surface area contributed by atoms with Crippen LogP contribution < -0.4 is 5.32 Å². The summed E-state index contributed by atoms with van der Waals surface area (Å²) in [4.78, 5) is 0. The first-order valence-corrected chi connectivity index (χ1v) is 6.40. The van der Waals surface area contributed by atoms with Crippen molar-refractivity contribution in [2.45, 2.75) is 38.3 Å². The number of allylic oxidation sites excluding steroid dienone is 1. The fourth-order valence-electron chi connectivity index (χ4n) is 2.18. The van der Waals surface area contributed by atoms with Gasteiger partial charge >= 0.3 is 0 Å². The third-order valence-electron chi connectivity index (χ3n) is 3.20. The third kappa shape index (κ3) is 3.30. The lowest BCUT2D eigenvalue weighted by Gasteiger charge is -2.24. The lowest BCUT2D eigenvalue weighted by Crippen LogP contribution is -2.32. The molecule has 1 aliphatic carbocycles. The van der Waals surface area contributed by atoms with Crippen LogP contribution in [0.25, 0.3) is 0 Å². The second-order valence-corrected chi connectivity index (χ2v) is 4.95. The van der Waals surface area contributed by atoms with Gasteiger partial charge < -0.3 is 5.32 Å². The number of hydrogen-bond donors (Lipinski definition) is 1. The molecule has 0 amide bonds. The highest BCUT2D eigenvalue weighted by atomic mass is 35.5. The Morgan fingerprint density at radius 1 is 1.41 bits per heavy atom. The van der Waals surface area contributed by atoms with E-state index in [9.17, 15) is 4.39 Å². The highest BCUT2D eigenvalue weighted by Crippen LogP contribution is 2.22. The summed E-state index contributed by atoms with van der Waals surface area (Å²) < 4.78 is 13.1.